The molecule has 0 spiro atoms. The van der Waals surface area contributed by atoms with Gasteiger partial charge in [0.2, 0.25) is 0 Å². The van der Waals surface area contributed by atoms with Crippen molar-refractivity contribution in [3.05, 3.63) is 4.88 Å². The van der Waals surface area contributed by atoms with Gasteiger partial charge in [-0.05, 0) is 46.2 Å². The number of nitrogen functional groups attached to an aromatic ring is 1. The van der Waals surface area contributed by atoms with Crippen LogP contribution in [0.15, 0.2) is 4.90 Å². The zero-order valence-electron chi connectivity index (χ0n) is 12.8. The Morgan fingerprint density at radius 1 is 1.52 bits per heavy atom. The first kappa shape index (κ1) is 16.5. The van der Waals surface area contributed by atoms with Gasteiger partial charge in [0.15, 0.2) is 0 Å². The van der Waals surface area contributed by atoms with Gasteiger partial charge >= 0.3 is 5.97 Å². The Morgan fingerprint density at radius 3 is 2.76 bits per heavy atom. The van der Waals surface area contributed by atoms with Crippen LogP contribution in [0, 0.1) is 0 Å². The molecule has 1 aromatic rings. The summed E-state index contributed by atoms with van der Waals surface area (Å²) in [5, 5.41) is 4.56. The third kappa shape index (κ3) is 3.84. The van der Waals surface area contributed by atoms with E-state index in [1.54, 1.807) is 18.7 Å². The lowest BCUT2D eigenvalue weighted by molar-refractivity contribution is 0.0533. The maximum atomic E-state index is 11.9. The van der Waals surface area contributed by atoms with E-state index in [0.29, 0.717) is 23.2 Å². The average molecular weight is 329 g/mol. The minimum atomic E-state index is -0.327. The molecule has 0 radical (unpaired) electrons. The van der Waals surface area contributed by atoms with E-state index in [-0.39, 0.29) is 5.97 Å². The summed E-state index contributed by atoms with van der Waals surface area (Å²) in [6.07, 6.45) is 4.20. The van der Waals surface area contributed by atoms with Gasteiger partial charge in [0, 0.05) is 6.04 Å². The Labute approximate surface area is 134 Å². The number of anilines is 2. The van der Waals surface area contributed by atoms with E-state index in [2.05, 4.69) is 17.3 Å². The minimum Gasteiger partial charge on any atom is -0.462 e. The molecule has 3 N–H and O–H groups in total. The molecule has 0 unspecified atom stereocenters. The molecule has 2 heterocycles. The number of nitrogens with zero attached hydrogens (tertiary/aromatic N) is 1. The zero-order chi connectivity index (χ0) is 15.4. The molecule has 0 saturated carbocycles. The van der Waals surface area contributed by atoms with E-state index >= 15 is 0 Å². The van der Waals surface area contributed by atoms with Crippen molar-refractivity contribution in [3.63, 3.8) is 0 Å². The number of nitrogens with one attached hydrogen (secondary N) is 1. The van der Waals surface area contributed by atoms with Gasteiger partial charge in [-0.15, -0.1) is 23.1 Å². The first-order chi connectivity index (χ1) is 10.1. The maximum Gasteiger partial charge on any atom is 0.350 e. The van der Waals surface area contributed by atoms with E-state index in [1.807, 2.05) is 6.26 Å². The average Bonchev–Trinajstić information content (AvgIpc) is 2.78. The molecule has 0 aliphatic carbocycles. The Balaban J connectivity index is 2.15. The van der Waals surface area contributed by atoms with Crippen LogP contribution in [-0.4, -0.2) is 49.9 Å². The normalized spacial score (nSPS) is 16.9. The van der Waals surface area contributed by atoms with E-state index in [1.165, 1.54) is 11.3 Å². The van der Waals surface area contributed by atoms with Crippen LogP contribution in [0.1, 0.15) is 29.4 Å². The summed E-state index contributed by atoms with van der Waals surface area (Å²) in [4.78, 5) is 15.8. The molecule has 5 nitrogen and oxygen atoms in total. The molecule has 0 atom stereocenters. The molecular weight excluding hydrogens is 306 g/mol. The van der Waals surface area contributed by atoms with Gasteiger partial charge in [0.05, 0.1) is 17.2 Å². The summed E-state index contributed by atoms with van der Waals surface area (Å²) in [5.41, 5.74) is 6.66. The summed E-state index contributed by atoms with van der Waals surface area (Å²) in [6, 6.07) is 0.445. The van der Waals surface area contributed by atoms with Crippen LogP contribution in [0.3, 0.4) is 0 Å². The third-order valence-corrected chi connectivity index (χ3v) is 5.70. The molecule has 1 aromatic heterocycles. The molecule has 2 rings (SSSR count). The summed E-state index contributed by atoms with van der Waals surface area (Å²) in [6.45, 7) is 4.35. The number of hydrogen-bond acceptors (Lipinski definition) is 7. The number of piperidine rings is 1. The van der Waals surface area contributed by atoms with Crippen molar-refractivity contribution in [3.8, 4) is 0 Å². The van der Waals surface area contributed by atoms with Gasteiger partial charge in [0.1, 0.15) is 9.88 Å². The van der Waals surface area contributed by atoms with Crippen molar-refractivity contribution in [2.75, 3.05) is 44.1 Å². The Morgan fingerprint density at radius 2 is 2.19 bits per heavy atom. The zero-order valence-corrected chi connectivity index (χ0v) is 14.4. The second-order valence-electron chi connectivity index (χ2n) is 5.15. The predicted octanol–water partition coefficient (Wildman–Crippen LogP) is 2.74. The molecule has 1 aliphatic heterocycles. The number of carbonyl (C=O) groups excluding carboxylic acids is 1. The van der Waals surface area contributed by atoms with Crippen molar-refractivity contribution < 1.29 is 9.53 Å². The first-order valence-electron chi connectivity index (χ1n) is 7.15. The van der Waals surface area contributed by atoms with Crippen molar-refractivity contribution >= 4 is 39.8 Å². The molecule has 0 bridgehead atoms. The molecule has 0 amide bonds. The minimum absolute atomic E-state index is 0.327. The standard InChI is InChI=1S/C14H23N3O2S2/c1-4-19-14(18)12-10(15)11(20-3)13(21-12)16-9-5-7-17(2)8-6-9/h9,16H,4-8,15H2,1-3H3. The van der Waals surface area contributed by atoms with Crippen molar-refractivity contribution in [2.24, 2.45) is 0 Å². The Kier molecular flexibility index (Phi) is 5.78. The lowest BCUT2D eigenvalue weighted by atomic mass is 10.1. The summed E-state index contributed by atoms with van der Waals surface area (Å²) < 4.78 is 5.07. The lowest BCUT2D eigenvalue weighted by Crippen LogP contribution is -2.36. The molecule has 118 valence electrons. The van der Waals surface area contributed by atoms with E-state index < -0.39 is 0 Å². The highest BCUT2D eigenvalue weighted by Gasteiger charge is 2.24. The number of thiophene rings is 1. The van der Waals surface area contributed by atoms with Crippen LogP contribution in [0.25, 0.3) is 0 Å². The number of thioether (sulfide) groups is 1. The van der Waals surface area contributed by atoms with Gasteiger partial charge in [-0.3, -0.25) is 0 Å². The van der Waals surface area contributed by atoms with Gasteiger partial charge in [-0.25, -0.2) is 4.79 Å². The summed E-state index contributed by atoms with van der Waals surface area (Å²) in [7, 11) is 2.14. The van der Waals surface area contributed by atoms with E-state index in [4.69, 9.17) is 10.5 Å². The van der Waals surface area contributed by atoms with Crippen molar-refractivity contribution in [1.29, 1.82) is 0 Å². The van der Waals surface area contributed by atoms with Crippen LogP contribution in [0.5, 0.6) is 0 Å². The maximum absolute atomic E-state index is 11.9. The monoisotopic (exact) mass is 329 g/mol. The highest BCUT2D eigenvalue weighted by atomic mass is 32.2. The molecule has 1 saturated heterocycles. The molecular formula is C14H23N3O2S2. The number of likely N-dealkylation sites (tertiary alicyclic amines) is 1. The summed E-state index contributed by atoms with van der Waals surface area (Å²) >= 11 is 2.98. The van der Waals surface area contributed by atoms with Crippen LogP contribution in [-0.2, 0) is 4.74 Å². The SMILES string of the molecule is CCOC(=O)c1sc(NC2CCN(C)CC2)c(SC)c1N. The smallest absolute Gasteiger partial charge is 0.350 e. The molecule has 7 heteroatoms. The second-order valence-corrected chi connectivity index (χ2v) is 6.99. The number of carbonyl (C=O) groups is 1. The largest absolute Gasteiger partial charge is 0.462 e. The highest BCUT2D eigenvalue weighted by Crippen LogP contribution is 2.42. The molecule has 21 heavy (non-hydrogen) atoms. The lowest BCUT2D eigenvalue weighted by Gasteiger charge is -2.29. The third-order valence-electron chi connectivity index (χ3n) is 3.62. The van der Waals surface area contributed by atoms with Gasteiger partial charge in [-0.1, -0.05) is 0 Å². The fraction of sp³-hybridized carbons (Fsp3) is 0.643. The van der Waals surface area contributed by atoms with Gasteiger partial charge in [-0.2, -0.15) is 0 Å². The van der Waals surface area contributed by atoms with Crippen LogP contribution < -0.4 is 11.1 Å². The predicted molar refractivity (Wildman–Crippen MR) is 90.6 cm³/mol. The Bertz CT molecular complexity index is 497. The number of hydrogen-bond donors (Lipinski definition) is 2. The molecule has 0 aromatic carbocycles. The van der Waals surface area contributed by atoms with Gasteiger partial charge < -0.3 is 20.7 Å². The molecule has 1 aliphatic rings. The van der Waals surface area contributed by atoms with E-state index in [0.717, 1.165) is 35.8 Å². The highest BCUT2D eigenvalue weighted by molar-refractivity contribution is 7.99. The second kappa shape index (κ2) is 7.38. The summed E-state index contributed by atoms with van der Waals surface area (Å²) in [5.74, 6) is -0.327. The number of nitrogens with two attached hydrogens (primary N) is 1. The van der Waals surface area contributed by atoms with Gasteiger partial charge in [0.25, 0.3) is 0 Å². The fourth-order valence-corrected chi connectivity index (χ4v) is 4.41. The van der Waals surface area contributed by atoms with Crippen molar-refractivity contribution in [1.82, 2.24) is 4.90 Å². The topological polar surface area (TPSA) is 67.6 Å². The number of esters is 1. The fourth-order valence-electron chi connectivity index (χ4n) is 2.41. The Hall–Kier alpha value is -0.920. The van der Waals surface area contributed by atoms with E-state index in [9.17, 15) is 4.79 Å². The first-order valence-corrected chi connectivity index (χ1v) is 9.19. The number of ether oxygens (including phenoxy) is 1. The molecule has 1 fully saturated rings. The quantitative estimate of drug-likeness (QED) is 0.639. The van der Waals surface area contributed by atoms with Crippen molar-refractivity contribution in [2.45, 2.75) is 30.7 Å². The van der Waals surface area contributed by atoms with Crippen LogP contribution in [0.2, 0.25) is 0 Å². The number of rotatable bonds is 5. The van der Waals surface area contributed by atoms with Crippen LogP contribution in [0.4, 0.5) is 10.7 Å². The van der Waals surface area contributed by atoms with Crippen LogP contribution >= 0.6 is 23.1 Å².